The maximum absolute atomic E-state index is 13.7. The fraction of sp³-hybridized carbons (Fsp3) is 0.250. The smallest absolute Gasteiger partial charge is 0.317 e. The van der Waals surface area contributed by atoms with Gasteiger partial charge in [0.15, 0.2) is 6.04 Å². The number of amides is 3. The molecule has 0 saturated carbocycles. The molecular weight excluding hydrogens is 406 g/mol. The molecule has 0 radical (unpaired) electrons. The van der Waals surface area contributed by atoms with Crippen LogP contribution in [-0.4, -0.2) is 40.0 Å². The van der Waals surface area contributed by atoms with Crippen molar-refractivity contribution in [1.82, 2.24) is 14.9 Å². The first-order chi connectivity index (χ1) is 15.5. The van der Waals surface area contributed by atoms with Crippen molar-refractivity contribution in [3.8, 4) is 0 Å². The van der Waals surface area contributed by atoms with Crippen molar-refractivity contribution in [2.45, 2.75) is 26.3 Å². The molecular formula is C24H25N5O3. The van der Waals surface area contributed by atoms with Crippen molar-refractivity contribution in [2.24, 2.45) is 5.92 Å². The molecule has 1 aromatic heterocycles. The first-order valence-electron chi connectivity index (χ1n) is 10.6. The van der Waals surface area contributed by atoms with E-state index in [1.165, 1.54) is 28.2 Å². The van der Waals surface area contributed by atoms with Crippen molar-refractivity contribution in [1.29, 1.82) is 0 Å². The van der Waals surface area contributed by atoms with Gasteiger partial charge < -0.3 is 10.2 Å². The zero-order chi connectivity index (χ0) is 22.7. The molecule has 0 bridgehead atoms. The van der Waals surface area contributed by atoms with Gasteiger partial charge in [-0.3, -0.25) is 19.1 Å². The SMILES string of the molecule is CC(C)CCN1C(=O)C(NC(=O)n2ccnc2)C(=O)N(c2ccccc2)c2ccccc21. The van der Waals surface area contributed by atoms with Crippen molar-refractivity contribution in [3.63, 3.8) is 0 Å². The van der Waals surface area contributed by atoms with Crippen LogP contribution in [-0.2, 0) is 9.59 Å². The number of aromatic nitrogens is 2. The zero-order valence-electron chi connectivity index (χ0n) is 18.0. The van der Waals surface area contributed by atoms with Crippen LogP contribution >= 0.6 is 0 Å². The summed E-state index contributed by atoms with van der Waals surface area (Å²) in [5, 5.41) is 2.61. The van der Waals surface area contributed by atoms with Gasteiger partial charge >= 0.3 is 6.03 Å². The van der Waals surface area contributed by atoms with Gasteiger partial charge in [0.05, 0.1) is 11.4 Å². The van der Waals surface area contributed by atoms with E-state index >= 15 is 0 Å². The number of hydrogen-bond acceptors (Lipinski definition) is 4. The van der Waals surface area contributed by atoms with Gasteiger partial charge in [-0.1, -0.05) is 44.2 Å². The highest BCUT2D eigenvalue weighted by Gasteiger charge is 2.41. The first kappa shape index (κ1) is 21.3. The quantitative estimate of drug-likeness (QED) is 0.626. The Morgan fingerprint density at radius 1 is 1.00 bits per heavy atom. The highest BCUT2D eigenvalue weighted by molar-refractivity contribution is 6.23. The summed E-state index contributed by atoms with van der Waals surface area (Å²) in [7, 11) is 0. The van der Waals surface area contributed by atoms with E-state index in [9.17, 15) is 14.4 Å². The summed E-state index contributed by atoms with van der Waals surface area (Å²) in [5.41, 5.74) is 1.85. The summed E-state index contributed by atoms with van der Waals surface area (Å²) in [4.78, 5) is 47.1. The van der Waals surface area contributed by atoms with Crippen LogP contribution < -0.4 is 15.1 Å². The summed E-state index contributed by atoms with van der Waals surface area (Å²) in [6, 6.07) is 14.4. The van der Waals surface area contributed by atoms with E-state index in [2.05, 4.69) is 24.1 Å². The number of carbonyl (C=O) groups is 3. The van der Waals surface area contributed by atoms with E-state index in [4.69, 9.17) is 0 Å². The predicted octanol–water partition coefficient (Wildman–Crippen LogP) is 3.57. The van der Waals surface area contributed by atoms with Gasteiger partial charge in [0.25, 0.3) is 11.8 Å². The minimum atomic E-state index is -1.38. The molecule has 1 unspecified atom stereocenters. The molecule has 1 N–H and O–H groups in total. The van der Waals surface area contributed by atoms with Gasteiger partial charge in [0.1, 0.15) is 6.33 Å². The van der Waals surface area contributed by atoms with Crippen molar-refractivity contribution in [2.75, 3.05) is 16.3 Å². The minimum Gasteiger partial charge on any atom is -0.317 e. The molecule has 2 heterocycles. The summed E-state index contributed by atoms with van der Waals surface area (Å²) in [6.45, 7) is 4.59. The number of hydrogen-bond donors (Lipinski definition) is 1. The number of imidazole rings is 1. The fourth-order valence-electron chi connectivity index (χ4n) is 3.67. The molecule has 0 fully saturated rings. The van der Waals surface area contributed by atoms with E-state index in [1.807, 2.05) is 42.5 Å². The van der Waals surface area contributed by atoms with E-state index in [-0.39, 0.29) is 0 Å². The van der Waals surface area contributed by atoms with Crippen LogP contribution in [0.25, 0.3) is 0 Å². The Balaban J connectivity index is 1.81. The molecule has 4 rings (SSSR count). The number of benzene rings is 2. The maximum Gasteiger partial charge on any atom is 0.327 e. The minimum absolute atomic E-state index is 0.359. The summed E-state index contributed by atoms with van der Waals surface area (Å²) in [6.07, 6.45) is 4.99. The van der Waals surface area contributed by atoms with E-state index < -0.39 is 23.9 Å². The van der Waals surface area contributed by atoms with Crippen LogP contribution in [0.3, 0.4) is 0 Å². The largest absolute Gasteiger partial charge is 0.327 e. The summed E-state index contributed by atoms with van der Waals surface area (Å²) in [5.74, 6) is -0.623. The van der Waals surface area contributed by atoms with Crippen molar-refractivity contribution >= 4 is 34.9 Å². The number of para-hydroxylation sites is 3. The van der Waals surface area contributed by atoms with Crippen LogP contribution in [0.1, 0.15) is 20.3 Å². The third kappa shape index (κ3) is 4.12. The lowest BCUT2D eigenvalue weighted by atomic mass is 10.1. The van der Waals surface area contributed by atoms with E-state index in [0.29, 0.717) is 29.5 Å². The van der Waals surface area contributed by atoms with Crippen LogP contribution in [0, 0.1) is 5.92 Å². The Morgan fingerprint density at radius 3 is 2.34 bits per heavy atom. The van der Waals surface area contributed by atoms with Gasteiger partial charge in [0.2, 0.25) is 0 Å². The number of carbonyl (C=O) groups excluding carboxylic acids is 3. The highest BCUT2D eigenvalue weighted by atomic mass is 16.2. The zero-order valence-corrected chi connectivity index (χ0v) is 18.0. The fourth-order valence-corrected chi connectivity index (χ4v) is 3.67. The average Bonchev–Trinajstić information content (AvgIpc) is 3.31. The lowest BCUT2D eigenvalue weighted by molar-refractivity contribution is -0.128. The molecule has 3 amide bonds. The molecule has 0 spiro atoms. The second-order valence-corrected chi connectivity index (χ2v) is 8.02. The van der Waals surface area contributed by atoms with Gasteiger partial charge in [-0.2, -0.15) is 0 Å². The normalized spacial score (nSPS) is 16.2. The lowest BCUT2D eigenvalue weighted by Gasteiger charge is -2.26. The van der Waals surface area contributed by atoms with E-state index in [0.717, 1.165) is 6.42 Å². The standard InChI is InChI=1S/C24H25N5O3/c1-17(2)12-14-28-19-10-6-7-11-20(19)29(18-8-4-3-5-9-18)23(31)21(22(28)30)26-24(32)27-15-13-25-16-27/h3-11,13,15-17,21H,12,14H2,1-2H3,(H,26,32). The number of rotatable bonds is 5. The number of fused-ring (bicyclic) bond motifs is 1. The molecule has 0 saturated heterocycles. The molecule has 0 aliphatic carbocycles. The van der Waals surface area contributed by atoms with Crippen LogP contribution in [0.15, 0.2) is 73.3 Å². The molecule has 3 aromatic rings. The van der Waals surface area contributed by atoms with Crippen LogP contribution in [0.5, 0.6) is 0 Å². The molecule has 2 aromatic carbocycles. The lowest BCUT2D eigenvalue weighted by Crippen LogP contribution is -2.55. The molecule has 164 valence electrons. The molecule has 1 aliphatic heterocycles. The number of nitrogens with one attached hydrogen (secondary N) is 1. The number of nitrogens with zero attached hydrogens (tertiary/aromatic N) is 4. The van der Waals surface area contributed by atoms with Gasteiger partial charge in [-0.15, -0.1) is 0 Å². The molecule has 1 atom stereocenters. The third-order valence-electron chi connectivity index (χ3n) is 5.34. The first-order valence-corrected chi connectivity index (χ1v) is 10.6. The van der Waals surface area contributed by atoms with Gasteiger partial charge in [-0.25, -0.2) is 9.78 Å². The Kier molecular flexibility index (Phi) is 6.02. The summed E-state index contributed by atoms with van der Waals surface area (Å²) < 4.78 is 1.20. The molecule has 1 aliphatic rings. The molecule has 8 nitrogen and oxygen atoms in total. The Morgan fingerprint density at radius 2 is 1.69 bits per heavy atom. The Hall–Kier alpha value is -3.94. The molecule has 32 heavy (non-hydrogen) atoms. The second kappa shape index (κ2) is 9.05. The Labute approximate surface area is 186 Å². The van der Waals surface area contributed by atoms with Gasteiger partial charge in [0, 0.05) is 24.6 Å². The second-order valence-electron chi connectivity index (χ2n) is 8.02. The van der Waals surface area contributed by atoms with E-state index in [1.54, 1.807) is 17.0 Å². The number of anilines is 3. The Bertz CT molecular complexity index is 1110. The van der Waals surface area contributed by atoms with Gasteiger partial charge in [-0.05, 0) is 36.6 Å². The monoisotopic (exact) mass is 431 g/mol. The summed E-state index contributed by atoms with van der Waals surface area (Å²) >= 11 is 0. The van der Waals surface area contributed by atoms with Crippen LogP contribution in [0.2, 0.25) is 0 Å². The molecule has 8 heteroatoms. The van der Waals surface area contributed by atoms with Crippen LogP contribution in [0.4, 0.5) is 21.9 Å². The maximum atomic E-state index is 13.7. The van der Waals surface area contributed by atoms with Crippen molar-refractivity contribution < 1.29 is 14.4 Å². The average molecular weight is 431 g/mol. The van der Waals surface area contributed by atoms with Crippen molar-refractivity contribution in [3.05, 3.63) is 73.3 Å². The highest BCUT2D eigenvalue weighted by Crippen LogP contribution is 2.38. The predicted molar refractivity (Wildman–Crippen MR) is 122 cm³/mol. The third-order valence-corrected chi connectivity index (χ3v) is 5.34. The topological polar surface area (TPSA) is 87.5 Å².